The number of benzene rings is 1. The molecule has 19 heavy (non-hydrogen) atoms. The molecule has 5 nitrogen and oxygen atoms in total. The van der Waals surface area contributed by atoms with Gasteiger partial charge in [-0.05, 0) is 29.6 Å². The number of nitrogens with two attached hydrogens (primary N) is 1. The number of carbonyl (C=O) groups is 1. The van der Waals surface area contributed by atoms with Gasteiger partial charge in [0.25, 0.3) is 0 Å². The quantitative estimate of drug-likeness (QED) is 0.379. The molecule has 1 heterocycles. The average Bonchev–Trinajstić information content (AvgIpc) is 2.83. The predicted octanol–water partition coefficient (Wildman–Crippen LogP) is 1.67. The van der Waals surface area contributed by atoms with Crippen LogP contribution in [-0.2, 0) is 17.0 Å². The lowest BCUT2D eigenvalue weighted by molar-refractivity contribution is -0.120. The van der Waals surface area contributed by atoms with Crippen LogP contribution < -0.4 is 11.3 Å². The Labute approximate surface area is 119 Å². The Balaban J connectivity index is 2.05. The van der Waals surface area contributed by atoms with Gasteiger partial charge in [-0.25, -0.2) is 10.8 Å². The van der Waals surface area contributed by atoms with Crippen LogP contribution in [0.15, 0.2) is 28.6 Å². The van der Waals surface area contributed by atoms with Crippen LogP contribution in [0.3, 0.4) is 0 Å². The van der Waals surface area contributed by atoms with Crippen molar-refractivity contribution in [2.75, 3.05) is 0 Å². The average molecular weight is 294 g/mol. The van der Waals surface area contributed by atoms with E-state index in [2.05, 4.69) is 14.8 Å². The first-order valence-electron chi connectivity index (χ1n) is 5.68. The molecule has 0 fully saturated rings. The fraction of sp³-hybridized carbons (Fsp3) is 0.250. The number of aromatic nitrogens is 2. The number of thioether (sulfide) groups is 1. The summed E-state index contributed by atoms with van der Waals surface area (Å²) in [4.78, 5) is 15.7. The van der Waals surface area contributed by atoms with Crippen LogP contribution in [0.4, 0.5) is 0 Å². The van der Waals surface area contributed by atoms with Gasteiger partial charge in [0.1, 0.15) is 5.82 Å². The Hall–Kier alpha value is -1.44. The minimum absolute atomic E-state index is 0.191. The Bertz CT molecular complexity index is 570. The number of rotatable bonds is 5. The largest absolute Gasteiger partial charge is 0.294 e. The van der Waals surface area contributed by atoms with Gasteiger partial charge in [-0.2, -0.15) is 4.37 Å². The third-order valence-electron chi connectivity index (χ3n) is 2.49. The summed E-state index contributed by atoms with van der Waals surface area (Å²) in [5.74, 6) is 6.49. The second-order valence-electron chi connectivity index (χ2n) is 3.91. The molecule has 0 aliphatic carbocycles. The first-order chi connectivity index (χ1) is 9.19. The molecule has 1 amide bonds. The normalized spacial score (nSPS) is 10.4. The molecule has 0 saturated heterocycles. The summed E-state index contributed by atoms with van der Waals surface area (Å²) in [5.41, 5.74) is 4.25. The van der Waals surface area contributed by atoms with Gasteiger partial charge >= 0.3 is 0 Å². The lowest BCUT2D eigenvalue weighted by atomic mass is 10.1. The van der Waals surface area contributed by atoms with Gasteiger partial charge in [0.2, 0.25) is 5.91 Å². The maximum Gasteiger partial charge on any atom is 0.238 e. The molecule has 2 aromatic rings. The Morgan fingerprint density at radius 2 is 2.16 bits per heavy atom. The van der Waals surface area contributed by atoms with Crippen molar-refractivity contribution in [1.29, 1.82) is 0 Å². The summed E-state index contributed by atoms with van der Waals surface area (Å²) in [5, 5.41) is 0. The van der Waals surface area contributed by atoms with Crippen LogP contribution >= 0.6 is 23.3 Å². The maximum absolute atomic E-state index is 11.3. The zero-order valence-corrected chi connectivity index (χ0v) is 12.1. The molecule has 0 atom stereocenters. The van der Waals surface area contributed by atoms with Crippen molar-refractivity contribution in [3.05, 3.63) is 41.2 Å². The third-order valence-corrected chi connectivity index (χ3v) is 4.46. The highest BCUT2D eigenvalue weighted by molar-refractivity contribution is 8.00. The van der Waals surface area contributed by atoms with Crippen LogP contribution in [0, 0.1) is 6.92 Å². The first kappa shape index (κ1) is 14.0. The summed E-state index contributed by atoms with van der Waals surface area (Å²) in [7, 11) is 0. The molecule has 100 valence electrons. The zero-order valence-electron chi connectivity index (χ0n) is 10.4. The van der Waals surface area contributed by atoms with E-state index in [1.165, 1.54) is 11.5 Å². The molecule has 3 N–H and O–H groups in total. The summed E-state index contributed by atoms with van der Waals surface area (Å²) >= 11 is 3.02. The predicted molar refractivity (Wildman–Crippen MR) is 76.7 cm³/mol. The minimum atomic E-state index is -0.191. The second-order valence-corrected chi connectivity index (χ2v) is 5.88. The van der Waals surface area contributed by atoms with Crippen molar-refractivity contribution in [2.45, 2.75) is 23.4 Å². The summed E-state index contributed by atoms with van der Waals surface area (Å²) < 4.78 is 5.08. The number of hydrazine groups is 1. The minimum Gasteiger partial charge on any atom is -0.294 e. The monoisotopic (exact) mass is 294 g/mol. The van der Waals surface area contributed by atoms with Crippen molar-refractivity contribution >= 4 is 29.2 Å². The smallest absolute Gasteiger partial charge is 0.238 e. The number of aryl methyl sites for hydroxylation is 1. The van der Waals surface area contributed by atoms with Gasteiger partial charge in [0.05, 0.1) is 6.42 Å². The summed E-state index contributed by atoms with van der Waals surface area (Å²) in [6, 6.07) is 7.84. The molecule has 2 rings (SSSR count). The van der Waals surface area contributed by atoms with Crippen molar-refractivity contribution in [3.63, 3.8) is 0 Å². The van der Waals surface area contributed by atoms with Crippen molar-refractivity contribution in [3.8, 4) is 0 Å². The standard InChI is InChI=1S/C12H14N4OS2/c1-8-14-12(19-16-8)18-7-10-5-3-2-4-9(10)6-11(17)15-13/h2-5H,6-7,13H2,1H3,(H,15,17). The van der Waals surface area contributed by atoms with Gasteiger partial charge in [-0.3, -0.25) is 10.2 Å². The van der Waals surface area contributed by atoms with E-state index in [0.29, 0.717) is 6.42 Å². The summed E-state index contributed by atoms with van der Waals surface area (Å²) in [6.07, 6.45) is 0.294. The highest BCUT2D eigenvalue weighted by atomic mass is 32.2. The van der Waals surface area contributed by atoms with Crippen LogP contribution in [0.2, 0.25) is 0 Å². The fourth-order valence-corrected chi connectivity index (χ4v) is 3.25. The number of carbonyl (C=O) groups excluding carboxylic acids is 1. The van der Waals surface area contributed by atoms with Crippen molar-refractivity contribution in [1.82, 2.24) is 14.8 Å². The van der Waals surface area contributed by atoms with E-state index in [1.807, 2.05) is 31.2 Å². The molecule has 0 spiro atoms. The second kappa shape index (κ2) is 6.65. The van der Waals surface area contributed by atoms with Gasteiger partial charge in [-0.15, -0.1) is 0 Å². The van der Waals surface area contributed by atoms with E-state index >= 15 is 0 Å². The molecule has 7 heteroatoms. The number of amides is 1. The van der Waals surface area contributed by atoms with Gasteiger partial charge in [0.15, 0.2) is 4.34 Å². The molecular weight excluding hydrogens is 280 g/mol. The molecule has 0 unspecified atom stereocenters. The topological polar surface area (TPSA) is 80.9 Å². The molecule has 0 aliphatic heterocycles. The number of nitrogens with zero attached hydrogens (tertiary/aromatic N) is 2. The number of hydrogen-bond acceptors (Lipinski definition) is 6. The zero-order chi connectivity index (χ0) is 13.7. The van der Waals surface area contributed by atoms with Gasteiger partial charge < -0.3 is 0 Å². The molecule has 1 aromatic heterocycles. The van der Waals surface area contributed by atoms with Crippen molar-refractivity contribution < 1.29 is 4.79 Å². The number of nitrogens with one attached hydrogen (secondary N) is 1. The van der Waals surface area contributed by atoms with E-state index < -0.39 is 0 Å². The third kappa shape index (κ3) is 4.02. The maximum atomic E-state index is 11.3. The highest BCUT2D eigenvalue weighted by Gasteiger charge is 2.08. The molecular formula is C12H14N4OS2. The van der Waals surface area contributed by atoms with Crippen LogP contribution in [-0.4, -0.2) is 15.3 Å². The van der Waals surface area contributed by atoms with Gasteiger partial charge in [0, 0.05) is 5.75 Å². The molecule has 0 aliphatic rings. The van der Waals surface area contributed by atoms with E-state index in [0.717, 1.165) is 27.0 Å². The van der Waals surface area contributed by atoms with Crippen LogP contribution in [0.5, 0.6) is 0 Å². The van der Waals surface area contributed by atoms with E-state index in [9.17, 15) is 4.79 Å². The Morgan fingerprint density at radius 3 is 2.79 bits per heavy atom. The SMILES string of the molecule is Cc1nsc(SCc2ccccc2CC(=O)NN)n1. The lowest BCUT2D eigenvalue weighted by Crippen LogP contribution is -2.31. The van der Waals surface area contributed by atoms with Crippen LogP contribution in [0.1, 0.15) is 17.0 Å². The van der Waals surface area contributed by atoms with Crippen molar-refractivity contribution in [2.24, 2.45) is 5.84 Å². The van der Waals surface area contributed by atoms with E-state index in [1.54, 1.807) is 11.8 Å². The molecule has 0 saturated carbocycles. The first-order valence-corrected chi connectivity index (χ1v) is 7.44. The Morgan fingerprint density at radius 1 is 1.42 bits per heavy atom. The highest BCUT2D eigenvalue weighted by Crippen LogP contribution is 2.25. The Kier molecular flexibility index (Phi) is 4.89. The molecule has 0 bridgehead atoms. The van der Waals surface area contributed by atoms with E-state index in [4.69, 9.17) is 5.84 Å². The summed E-state index contributed by atoms with van der Waals surface area (Å²) in [6.45, 7) is 1.88. The molecule has 1 aromatic carbocycles. The number of hydrogen-bond donors (Lipinski definition) is 2. The lowest BCUT2D eigenvalue weighted by Gasteiger charge is -2.07. The fourth-order valence-electron chi connectivity index (χ4n) is 1.57. The van der Waals surface area contributed by atoms with Crippen LogP contribution in [0.25, 0.3) is 0 Å². The van der Waals surface area contributed by atoms with E-state index in [-0.39, 0.29) is 5.91 Å². The molecule has 0 radical (unpaired) electrons. The van der Waals surface area contributed by atoms with Gasteiger partial charge in [-0.1, -0.05) is 36.0 Å².